The fourth-order valence-electron chi connectivity index (χ4n) is 4.01. The van der Waals surface area contributed by atoms with Gasteiger partial charge in [-0.05, 0) is 43.2 Å². The number of nitriles is 1. The van der Waals surface area contributed by atoms with Gasteiger partial charge in [0.1, 0.15) is 26.2 Å². The van der Waals surface area contributed by atoms with Crippen LogP contribution in [0.15, 0.2) is 48.5 Å². The number of nitrogens with zero attached hydrogens (tertiary/aromatic N) is 1. The van der Waals surface area contributed by atoms with E-state index in [1.807, 2.05) is 31.2 Å². The molecule has 162 valence electrons. The van der Waals surface area contributed by atoms with Crippen LogP contribution >= 0.6 is 0 Å². The van der Waals surface area contributed by atoms with E-state index in [4.69, 9.17) is 5.26 Å². The molecule has 2 aromatic rings. The van der Waals surface area contributed by atoms with Gasteiger partial charge in [-0.1, -0.05) is 31.2 Å². The molecular formula is C24H31N5O2+2. The second-order valence-corrected chi connectivity index (χ2v) is 8.05. The van der Waals surface area contributed by atoms with Crippen LogP contribution < -0.4 is 20.4 Å². The van der Waals surface area contributed by atoms with E-state index in [9.17, 15) is 9.59 Å². The fourth-order valence-corrected chi connectivity index (χ4v) is 4.01. The Morgan fingerprint density at radius 2 is 1.81 bits per heavy atom. The summed E-state index contributed by atoms with van der Waals surface area (Å²) in [5, 5.41) is 15.0. The van der Waals surface area contributed by atoms with Crippen molar-refractivity contribution in [2.75, 3.05) is 43.4 Å². The number of quaternary nitrogens is 2. The van der Waals surface area contributed by atoms with Crippen molar-refractivity contribution in [2.45, 2.75) is 26.3 Å². The Kier molecular flexibility index (Phi) is 7.76. The van der Waals surface area contributed by atoms with Crippen LogP contribution in [0.25, 0.3) is 0 Å². The molecule has 2 aromatic carbocycles. The molecule has 1 heterocycles. The highest BCUT2D eigenvalue weighted by molar-refractivity contribution is 5.94. The van der Waals surface area contributed by atoms with Crippen molar-refractivity contribution in [1.82, 2.24) is 0 Å². The number of hydrogen-bond donors (Lipinski definition) is 4. The molecule has 0 aliphatic carbocycles. The molecule has 0 unspecified atom stereocenters. The Balaban J connectivity index is 1.46. The molecule has 1 saturated heterocycles. The summed E-state index contributed by atoms with van der Waals surface area (Å²) in [6.45, 7) is 7.81. The minimum atomic E-state index is -0.197. The van der Waals surface area contributed by atoms with Crippen molar-refractivity contribution in [3.8, 4) is 6.07 Å². The molecule has 0 saturated carbocycles. The summed E-state index contributed by atoms with van der Waals surface area (Å²) in [6, 6.07) is 16.7. The number of piperazine rings is 1. The Morgan fingerprint density at radius 3 is 2.52 bits per heavy atom. The highest BCUT2D eigenvalue weighted by atomic mass is 16.2. The molecule has 2 amide bonds. The first-order chi connectivity index (χ1) is 15.0. The molecule has 7 heteroatoms. The van der Waals surface area contributed by atoms with Crippen molar-refractivity contribution < 1.29 is 19.4 Å². The molecule has 0 aromatic heterocycles. The Bertz CT molecular complexity index is 960. The summed E-state index contributed by atoms with van der Waals surface area (Å²) in [4.78, 5) is 27.6. The summed E-state index contributed by atoms with van der Waals surface area (Å²) in [5.74, 6) is -0.0232. The van der Waals surface area contributed by atoms with Gasteiger partial charge in [0.05, 0.1) is 11.6 Å². The molecule has 7 nitrogen and oxygen atoms in total. The van der Waals surface area contributed by atoms with Gasteiger partial charge in [-0.15, -0.1) is 0 Å². The van der Waals surface area contributed by atoms with E-state index in [1.165, 1.54) is 9.80 Å². The van der Waals surface area contributed by atoms with Crippen molar-refractivity contribution in [3.63, 3.8) is 0 Å². The van der Waals surface area contributed by atoms with Gasteiger partial charge in [-0.2, -0.15) is 5.26 Å². The maximum atomic E-state index is 12.6. The average Bonchev–Trinajstić information content (AvgIpc) is 2.79. The molecular weight excluding hydrogens is 390 g/mol. The minimum absolute atomic E-state index is 0.0301. The topological polar surface area (TPSA) is 90.9 Å². The summed E-state index contributed by atoms with van der Waals surface area (Å²) < 4.78 is 0. The van der Waals surface area contributed by atoms with E-state index >= 15 is 0 Å². The molecule has 4 N–H and O–H groups in total. The number of carbonyl (C=O) groups excluding carboxylic acids is 2. The number of benzene rings is 2. The monoisotopic (exact) mass is 421 g/mol. The highest BCUT2D eigenvalue weighted by Crippen LogP contribution is 2.14. The first kappa shape index (κ1) is 22.5. The number of carbonyl (C=O) groups is 2. The largest absolute Gasteiger partial charge is 0.321 e. The number of para-hydroxylation sites is 1. The maximum Gasteiger partial charge on any atom is 0.282 e. The van der Waals surface area contributed by atoms with E-state index in [0.717, 1.165) is 43.9 Å². The second kappa shape index (κ2) is 10.7. The predicted molar refractivity (Wildman–Crippen MR) is 120 cm³/mol. The van der Waals surface area contributed by atoms with Crippen LogP contribution in [-0.4, -0.2) is 50.6 Å². The van der Waals surface area contributed by atoms with Gasteiger partial charge in [-0.3, -0.25) is 9.59 Å². The predicted octanol–water partition coefficient (Wildman–Crippen LogP) is -0.130. The van der Waals surface area contributed by atoms with E-state index in [-0.39, 0.29) is 17.9 Å². The number of aryl methyl sites for hydroxylation is 1. The van der Waals surface area contributed by atoms with E-state index < -0.39 is 0 Å². The zero-order chi connectivity index (χ0) is 22.2. The van der Waals surface area contributed by atoms with Crippen LogP contribution in [0.5, 0.6) is 0 Å². The molecule has 0 bridgehead atoms. The lowest BCUT2D eigenvalue weighted by atomic mass is 10.1. The average molecular weight is 422 g/mol. The van der Waals surface area contributed by atoms with Gasteiger partial charge >= 0.3 is 0 Å². The smallest absolute Gasteiger partial charge is 0.282 e. The summed E-state index contributed by atoms with van der Waals surface area (Å²) in [6.07, 6.45) is 0.881. The van der Waals surface area contributed by atoms with Gasteiger partial charge in [0.15, 0.2) is 12.6 Å². The summed E-state index contributed by atoms with van der Waals surface area (Å²) >= 11 is 0. The normalized spacial score (nSPS) is 19.1. The SMILES string of the molecule is CCc1ccccc1NC(=O)C[NH+]1CC[NH+]([C@@H](C)C(=O)Nc2cccc(C#N)c2)CC1. The van der Waals surface area contributed by atoms with Crippen molar-refractivity contribution >= 4 is 23.2 Å². The van der Waals surface area contributed by atoms with E-state index in [1.54, 1.807) is 24.3 Å². The molecule has 1 aliphatic heterocycles. The lowest BCUT2D eigenvalue weighted by molar-refractivity contribution is -1.01. The standard InChI is InChI=1S/C24H29N5O2/c1-3-20-8-4-5-10-22(20)27-23(30)17-28-11-13-29(14-12-28)18(2)24(31)26-21-9-6-7-19(15-21)16-25/h4-10,15,18H,3,11-14,17H2,1-2H3,(H,26,31)(H,27,30)/p+2/t18-/m0/s1. The van der Waals surface area contributed by atoms with Crippen molar-refractivity contribution in [2.24, 2.45) is 0 Å². The van der Waals surface area contributed by atoms with Crippen LogP contribution in [0.1, 0.15) is 25.0 Å². The van der Waals surface area contributed by atoms with Gasteiger partial charge in [0.2, 0.25) is 0 Å². The second-order valence-electron chi connectivity index (χ2n) is 8.05. The first-order valence-corrected chi connectivity index (χ1v) is 10.9. The first-order valence-electron chi connectivity index (χ1n) is 10.9. The van der Waals surface area contributed by atoms with Crippen LogP contribution in [0.2, 0.25) is 0 Å². The number of nitrogens with one attached hydrogen (secondary N) is 4. The van der Waals surface area contributed by atoms with Crippen molar-refractivity contribution in [3.05, 3.63) is 59.7 Å². The Morgan fingerprint density at radius 1 is 1.06 bits per heavy atom. The lowest BCUT2D eigenvalue weighted by Crippen LogP contribution is -3.30. The summed E-state index contributed by atoms with van der Waals surface area (Å²) in [5.41, 5.74) is 3.20. The lowest BCUT2D eigenvalue weighted by Gasteiger charge is -2.32. The van der Waals surface area contributed by atoms with Gasteiger partial charge < -0.3 is 20.4 Å². The van der Waals surface area contributed by atoms with E-state index in [0.29, 0.717) is 17.8 Å². The van der Waals surface area contributed by atoms with E-state index in [2.05, 4.69) is 23.6 Å². The number of anilines is 2. The van der Waals surface area contributed by atoms with Crippen molar-refractivity contribution in [1.29, 1.82) is 5.26 Å². The molecule has 1 fully saturated rings. The zero-order valence-electron chi connectivity index (χ0n) is 18.2. The molecule has 1 aliphatic rings. The van der Waals surface area contributed by atoms with Crippen LogP contribution in [0, 0.1) is 11.3 Å². The third kappa shape index (κ3) is 6.14. The van der Waals surface area contributed by atoms with Gasteiger partial charge in [-0.25, -0.2) is 0 Å². The quantitative estimate of drug-likeness (QED) is 0.502. The van der Waals surface area contributed by atoms with Crippen LogP contribution in [0.3, 0.4) is 0 Å². The zero-order valence-corrected chi connectivity index (χ0v) is 18.2. The van der Waals surface area contributed by atoms with Gasteiger partial charge in [0.25, 0.3) is 11.8 Å². The molecule has 0 radical (unpaired) electrons. The minimum Gasteiger partial charge on any atom is -0.321 e. The van der Waals surface area contributed by atoms with Crippen LogP contribution in [0.4, 0.5) is 11.4 Å². The third-order valence-corrected chi connectivity index (χ3v) is 5.95. The molecule has 1 atom stereocenters. The maximum absolute atomic E-state index is 12.6. The number of rotatable bonds is 7. The van der Waals surface area contributed by atoms with Gasteiger partial charge in [0, 0.05) is 11.4 Å². The Hall–Kier alpha value is -3.21. The Labute approximate surface area is 183 Å². The molecule has 3 rings (SSSR count). The van der Waals surface area contributed by atoms with Crippen LogP contribution in [-0.2, 0) is 16.0 Å². The number of hydrogen-bond acceptors (Lipinski definition) is 3. The fraction of sp³-hybridized carbons (Fsp3) is 0.375. The summed E-state index contributed by atoms with van der Waals surface area (Å²) in [7, 11) is 0. The molecule has 0 spiro atoms. The highest BCUT2D eigenvalue weighted by Gasteiger charge is 2.31. The third-order valence-electron chi connectivity index (χ3n) is 5.95. The molecule has 31 heavy (non-hydrogen) atoms. The number of amides is 2.